The summed E-state index contributed by atoms with van der Waals surface area (Å²) in [5.41, 5.74) is 0. The molecule has 0 amide bonds. The molecule has 3 heteroatoms. The van der Waals surface area contributed by atoms with Crippen LogP contribution in [0.2, 0.25) is 0 Å². The topological polar surface area (TPSA) is 15.3 Å². The van der Waals surface area contributed by atoms with Crippen LogP contribution in [0.25, 0.3) is 0 Å². The summed E-state index contributed by atoms with van der Waals surface area (Å²) < 4.78 is 0. The average molecular weight is 216 g/mol. The van der Waals surface area contributed by atoms with Gasteiger partial charge in [0.1, 0.15) is 0 Å². The van der Waals surface area contributed by atoms with Crippen molar-refractivity contribution in [3.05, 3.63) is 0 Å². The highest BCUT2D eigenvalue weighted by Gasteiger charge is 2.24. The standard InChI is InChI=1S/C11H24N2S/c1-4-6-12-11-5-7-13(8-11)10(2)9-14-3/h10-12H,4-9H2,1-3H3. The second-order valence-electron chi connectivity index (χ2n) is 4.24. The third-order valence-corrected chi connectivity index (χ3v) is 3.75. The lowest BCUT2D eigenvalue weighted by Gasteiger charge is -2.23. The van der Waals surface area contributed by atoms with E-state index in [-0.39, 0.29) is 0 Å². The van der Waals surface area contributed by atoms with E-state index < -0.39 is 0 Å². The second kappa shape index (κ2) is 6.70. The van der Waals surface area contributed by atoms with E-state index in [0.29, 0.717) is 0 Å². The van der Waals surface area contributed by atoms with Crippen LogP contribution < -0.4 is 5.32 Å². The zero-order valence-corrected chi connectivity index (χ0v) is 10.6. The first kappa shape index (κ1) is 12.3. The highest BCUT2D eigenvalue weighted by molar-refractivity contribution is 7.98. The predicted molar refractivity (Wildman–Crippen MR) is 66.1 cm³/mol. The van der Waals surface area contributed by atoms with Crippen molar-refractivity contribution in [2.45, 2.75) is 38.8 Å². The largest absolute Gasteiger partial charge is 0.313 e. The Morgan fingerprint density at radius 3 is 3.00 bits per heavy atom. The van der Waals surface area contributed by atoms with Crippen LogP contribution in [0.3, 0.4) is 0 Å². The van der Waals surface area contributed by atoms with Crippen molar-refractivity contribution in [1.82, 2.24) is 10.2 Å². The van der Waals surface area contributed by atoms with Gasteiger partial charge in [0.15, 0.2) is 0 Å². The van der Waals surface area contributed by atoms with Gasteiger partial charge in [-0.05, 0) is 32.6 Å². The Morgan fingerprint density at radius 2 is 2.36 bits per heavy atom. The lowest BCUT2D eigenvalue weighted by atomic mass is 10.2. The molecular weight excluding hydrogens is 192 g/mol. The summed E-state index contributed by atoms with van der Waals surface area (Å²) in [5, 5.41) is 3.61. The van der Waals surface area contributed by atoms with Crippen LogP contribution in [0.15, 0.2) is 0 Å². The van der Waals surface area contributed by atoms with Gasteiger partial charge in [-0.15, -0.1) is 0 Å². The summed E-state index contributed by atoms with van der Waals surface area (Å²) in [4.78, 5) is 2.61. The number of likely N-dealkylation sites (tertiary alicyclic amines) is 1. The van der Waals surface area contributed by atoms with Crippen LogP contribution in [0.4, 0.5) is 0 Å². The van der Waals surface area contributed by atoms with E-state index in [0.717, 1.165) is 12.1 Å². The minimum absolute atomic E-state index is 0.749. The molecule has 1 rings (SSSR count). The summed E-state index contributed by atoms with van der Waals surface area (Å²) in [6.07, 6.45) is 4.77. The van der Waals surface area contributed by atoms with E-state index in [1.165, 1.54) is 38.2 Å². The molecular formula is C11H24N2S. The van der Waals surface area contributed by atoms with Crippen LogP contribution >= 0.6 is 11.8 Å². The summed E-state index contributed by atoms with van der Waals surface area (Å²) >= 11 is 1.95. The molecule has 0 aliphatic carbocycles. The molecule has 2 unspecified atom stereocenters. The molecule has 0 spiro atoms. The van der Waals surface area contributed by atoms with Crippen molar-refractivity contribution >= 4 is 11.8 Å². The molecule has 2 nitrogen and oxygen atoms in total. The molecule has 2 atom stereocenters. The van der Waals surface area contributed by atoms with Gasteiger partial charge in [0.05, 0.1) is 0 Å². The van der Waals surface area contributed by atoms with Gasteiger partial charge < -0.3 is 5.32 Å². The Labute approximate surface area is 92.8 Å². The molecule has 1 aliphatic rings. The molecule has 84 valence electrons. The number of nitrogens with one attached hydrogen (secondary N) is 1. The Kier molecular flexibility index (Phi) is 5.90. The van der Waals surface area contributed by atoms with Gasteiger partial charge in [-0.25, -0.2) is 0 Å². The molecule has 1 aliphatic heterocycles. The highest BCUT2D eigenvalue weighted by Crippen LogP contribution is 2.14. The van der Waals surface area contributed by atoms with Gasteiger partial charge in [0.2, 0.25) is 0 Å². The maximum absolute atomic E-state index is 3.61. The summed E-state index contributed by atoms with van der Waals surface area (Å²) in [6, 6.07) is 1.50. The smallest absolute Gasteiger partial charge is 0.0207 e. The fourth-order valence-corrected chi connectivity index (χ4v) is 2.74. The number of hydrogen-bond acceptors (Lipinski definition) is 3. The number of rotatable bonds is 6. The number of thioether (sulfide) groups is 1. The van der Waals surface area contributed by atoms with Gasteiger partial charge in [-0.3, -0.25) is 4.90 Å². The normalized spacial score (nSPS) is 25.5. The third-order valence-electron chi connectivity index (χ3n) is 2.93. The van der Waals surface area contributed by atoms with E-state index in [2.05, 4.69) is 30.3 Å². The van der Waals surface area contributed by atoms with Gasteiger partial charge >= 0.3 is 0 Å². The number of hydrogen-bond donors (Lipinski definition) is 1. The molecule has 1 fully saturated rings. The molecule has 14 heavy (non-hydrogen) atoms. The van der Waals surface area contributed by atoms with Crippen molar-refractivity contribution in [2.24, 2.45) is 0 Å². The van der Waals surface area contributed by atoms with Crippen molar-refractivity contribution in [1.29, 1.82) is 0 Å². The lowest BCUT2D eigenvalue weighted by molar-refractivity contribution is 0.272. The Morgan fingerprint density at radius 1 is 1.57 bits per heavy atom. The summed E-state index contributed by atoms with van der Waals surface area (Å²) in [5.74, 6) is 1.26. The zero-order valence-electron chi connectivity index (χ0n) is 9.75. The van der Waals surface area contributed by atoms with Crippen LogP contribution in [-0.4, -0.2) is 48.6 Å². The molecule has 0 aromatic heterocycles. The van der Waals surface area contributed by atoms with E-state index in [1.54, 1.807) is 0 Å². The molecule has 0 aromatic rings. The van der Waals surface area contributed by atoms with Gasteiger partial charge in [0.25, 0.3) is 0 Å². The van der Waals surface area contributed by atoms with E-state index >= 15 is 0 Å². The van der Waals surface area contributed by atoms with Crippen LogP contribution in [-0.2, 0) is 0 Å². The first-order valence-corrected chi connectivity index (χ1v) is 7.13. The average Bonchev–Trinajstić information content (AvgIpc) is 2.63. The lowest BCUT2D eigenvalue weighted by Crippen LogP contribution is -2.37. The van der Waals surface area contributed by atoms with Crippen molar-refractivity contribution in [2.75, 3.05) is 31.6 Å². The Bertz CT molecular complexity index is 152. The zero-order chi connectivity index (χ0) is 10.4. The van der Waals surface area contributed by atoms with E-state index in [9.17, 15) is 0 Å². The maximum Gasteiger partial charge on any atom is 0.0207 e. The second-order valence-corrected chi connectivity index (χ2v) is 5.15. The predicted octanol–water partition coefficient (Wildman–Crippen LogP) is 1.81. The highest BCUT2D eigenvalue weighted by atomic mass is 32.2. The fourth-order valence-electron chi connectivity index (χ4n) is 2.05. The minimum atomic E-state index is 0.749. The van der Waals surface area contributed by atoms with Crippen molar-refractivity contribution in [3.8, 4) is 0 Å². The third kappa shape index (κ3) is 3.79. The van der Waals surface area contributed by atoms with Crippen molar-refractivity contribution in [3.63, 3.8) is 0 Å². The van der Waals surface area contributed by atoms with Crippen LogP contribution in [0.5, 0.6) is 0 Å². The van der Waals surface area contributed by atoms with Crippen molar-refractivity contribution < 1.29 is 0 Å². The first-order valence-electron chi connectivity index (χ1n) is 5.74. The molecule has 1 N–H and O–H groups in total. The quantitative estimate of drug-likeness (QED) is 0.729. The fraction of sp³-hybridized carbons (Fsp3) is 1.00. The van der Waals surface area contributed by atoms with E-state index in [1.807, 2.05) is 11.8 Å². The van der Waals surface area contributed by atoms with Gasteiger partial charge in [-0.2, -0.15) is 11.8 Å². The molecule has 1 heterocycles. The molecule has 0 aromatic carbocycles. The minimum Gasteiger partial charge on any atom is -0.313 e. The molecule has 0 saturated carbocycles. The Hall–Kier alpha value is 0.270. The van der Waals surface area contributed by atoms with Crippen LogP contribution in [0, 0.1) is 0 Å². The monoisotopic (exact) mass is 216 g/mol. The molecule has 0 radical (unpaired) electrons. The molecule has 1 saturated heterocycles. The van der Waals surface area contributed by atoms with Gasteiger partial charge in [-0.1, -0.05) is 6.92 Å². The maximum atomic E-state index is 3.61. The van der Waals surface area contributed by atoms with E-state index in [4.69, 9.17) is 0 Å². The Balaban J connectivity index is 2.19. The van der Waals surface area contributed by atoms with Crippen LogP contribution in [0.1, 0.15) is 26.7 Å². The summed E-state index contributed by atoms with van der Waals surface area (Å²) in [6.45, 7) is 8.29. The first-order chi connectivity index (χ1) is 6.77. The summed E-state index contributed by atoms with van der Waals surface area (Å²) in [7, 11) is 0. The number of nitrogens with zero attached hydrogens (tertiary/aromatic N) is 1. The van der Waals surface area contributed by atoms with Gasteiger partial charge in [0, 0.05) is 30.9 Å². The molecule has 0 bridgehead atoms. The SMILES string of the molecule is CCCNC1CCN(C(C)CSC)C1.